The first-order chi connectivity index (χ1) is 14.0. The highest BCUT2D eigenvalue weighted by molar-refractivity contribution is 5.94. The maximum Gasteiger partial charge on any atom is 0.251 e. The monoisotopic (exact) mass is 398 g/mol. The van der Waals surface area contributed by atoms with E-state index in [0.717, 1.165) is 23.4 Å². The van der Waals surface area contributed by atoms with Crippen molar-refractivity contribution in [2.75, 3.05) is 26.2 Å². The smallest absolute Gasteiger partial charge is 0.251 e. The fourth-order valence-corrected chi connectivity index (χ4v) is 2.66. The third-order valence-corrected chi connectivity index (χ3v) is 4.11. The molecule has 0 aromatic heterocycles. The summed E-state index contributed by atoms with van der Waals surface area (Å²) in [4.78, 5) is 16.7. The van der Waals surface area contributed by atoms with Crippen molar-refractivity contribution >= 4 is 11.9 Å². The SMILES string of the molecule is CCNC(=NCc1ccc(C)cc1OCC)NCCNC(=O)c1ccc(O)cc1. The molecule has 0 fully saturated rings. The molecule has 0 radical (unpaired) electrons. The van der Waals surface area contributed by atoms with Crippen molar-refractivity contribution < 1.29 is 14.6 Å². The van der Waals surface area contributed by atoms with E-state index in [-0.39, 0.29) is 11.7 Å². The summed E-state index contributed by atoms with van der Waals surface area (Å²) in [6.07, 6.45) is 0. The molecule has 2 rings (SSSR count). The fraction of sp³-hybridized carbons (Fsp3) is 0.364. The lowest BCUT2D eigenvalue weighted by Crippen LogP contribution is -2.41. The van der Waals surface area contributed by atoms with Gasteiger partial charge in [0.15, 0.2) is 5.96 Å². The van der Waals surface area contributed by atoms with Gasteiger partial charge in [-0.3, -0.25) is 4.79 Å². The maximum atomic E-state index is 12.1. The highest BCUT2D eigenvalue weighted by Gasteiger charge is 2.06. The van der Waals surface area contributed by atoms with E-state index in [1.165, 1.54) is 12.1 Å². The largest absolute Gasteiger partial charge is 0.508 e. The number of hydrogen-bond donors (Lipinski definition) is 4. The number of benzene rings is 2. The number of phenolic OH excluding ortho intramolecular Hbond substituents is 1. The van der Waals surface area contributed by atoms with Crippen molar-refractivity contribution in [1.82, 2.24) is 16.0 Å². The van der Waals surface area contributed by atoms with Crippen molar-refractivity contribution in [3.05, 3.63) is 59.2 Å². The Bertz CT molecular complexity index is 819. The molecule has 7 nitrogen and oxygen atoms in total. The zero-order chi connectivity index (χ0) is 21.1. The van der Waals surface area contributed by atoms with Crippen LogP contribution in [0.4, 0.5) is 0 Å². The summed E-state index contributed by atoms with van der Waals surface area (Å²) in [6, 6.07) is 12.3. The van der Waals surface area contributed by atoms with Gasteiger partial charge in [-0.05, 0) is 56.7 Å². The predicted octanol–water partition coefficient (Wildman–Crippen LogP) is 2.58. The van der Waals surface area contributed by atoms with Gasteiger partial charge in [0, 0.05) is 30.8 Å². The molecule has 0 atom stereocenters. The fourth-order valence-electron chi connectivity index (χ4n) is 2.66. The number of phenols is 1. The van der Waals surface area contributed by atoms with Gasteiger partial charge in [0.25, 0.3) is 5.91 Å². The molecule has 0 aliphatic rings. The van der Waals surface area contributed by atoms with Crippen LogP contribution in [0.5, 0.6) is 11.5 Å². The number of hydrogen-bond acceptors (Lipinski definition) is 4. The Morgan fingerprint density at radius 2 is 1.76 bits per heavy atom. The van der Waals surface area contributed by atoms with Crippen LogP contribution >= 0.6 is 0 Å². The number of aryl methyl sites for hydroxylation is 1. The molecule has 2 aromatic rings. The van der Waals surface area contributed by atoms with Crippen LogP contribution < -0.4 is 20.7 Å². The van der Waals surface area contributed by atoms with E-state index in [1.54, 1.807) is 12.1 Å². The normalized spacial score (nSPS) is 11.1. The number of amides is 1. The Labute approximate surface area is 172 Å². The number of guanidine groups is 1. The molecule has 1 amide bonds. The van der Waals surface area contributed by atoms with Gasteiger partial charge in [-0.15, -0.1) is 0 Å². The summed E-state index contributed by atoms with van der Waals surface area (Å²) in [6.45, 7) is 8.81. The highest BCUT2D eigenvalue weighted by atomic mass is 16.5. The minimum atomic E-state index is -0.185. The number of carbonyl (C=O) groups excluding carboxylic acids is 1. The van der Waals surface area contributed by atoms with E-state index in [2.05, 4.69) is 20.9 Å². The van der Waals surface area contributed by atoms with Gasteiger partial charge in [-0.25, -0.2) is 4.99 Å². The Kier molecular flexibility index (Phi) is 8.82. The first kappa shape index (κ1) is 22.1. The first-order valence-electron chi connectivity index (χ1n) is 9.85. The molecule has 156 valence electrons. The highest BCUT2D eigenvalue weighted by Crippen LogP contribution is 2.21. The quantitative estimate of drug-likeness (QED) is 0.296. The van der Waals surface area contributed by atoms with Crippen molar-refractivity contribution in [3.8, 4) is 11.5 Å². The number of rotatable bonds is 9. The van der Waals surface area contributed by atoms with E-state index >= 15 is 0 Å². The van der Waals surface area contributed by atoms with Crippen LogP contribution in [0, 0.1) is 6.92 Å². The van der Waals surface area contributed by atoms with Crippen LogP contribution in [0.25, 0.3) is 0 Å². The Hall–Kier alpha value is -3.22. The average Bonchev–Trinajstić information content (AvgIpc) is 2.71. The second kappa shape index (κ2) is 11.6. The Morgan fingerprint density at radius 1 is 1.03 bits per heavy atom. The van der Waals surface area contributed by atoms with Crippen molar-refractivity contribution in [2.24, 2.45) is 4.99 Å². The molecule has 0 aliphatic carbocycles. The summed E-state index contributed by atoms with van der Waals surface area (Å²) >= 11 is 0. The third-order valence-electron chi connectivity index (χ3n) is 4.11. The van der Waals surface area contributed by atoms with Gasteiger partial charge in [0.05, 0.1) is 13.2 Å². The van der Waals surface area contributed by atoms with E-state index in [1.807, 2.05) is 39.0 Å². The lowest BCUT2D eigenvalue weighted by molar-refractivity contribution is 0.0954. The molecule has 0 unspecified atom stereocenters. The van der Waals surface area contributed by atoms with Crippen LogP contribution in [0.15, 0.2) is 47.5 Å². The van der Waals surface area contributed by atoms with Gasteiger partial charge in [-0.2, -0.15) is 0 Å². The zero-order valence-corrected chi connectivity index (χ0v) is 17.3. The lowest BCUT2D eigenvalue weighted by Gasteiger charge is -2.13. The summed E-state index contributed by atoms with van der Waals surface area (Å²) < 4.78 is 5.71. The van der Waals surface area contributed by atoms with Gasteiger partial charge in [0.1, 0.15) is 11.5 Å². The lowest BCUT2D eigenvalue weighted by atomic mass is 10.1. The van der Waals surface area contributed by atoms with Gasteiger partial charge < -0.3 is 25.8 Å². The molecule has 0 saturated heterocycles. The van der Waals surface area contributed by atoms with Crippen LogP contribution in [-0.2, 0) is 6.54 Å². The van der Waals surface area contributed by atoms with Gasteiger partial charge >= 0.3 is 0 Å². The Balaban J connectivity index is 1.88. The second-order valence-electron chi connectivity index (χ2n) is 6.47. The van der Waals surface area contributed by atoms with Crippen LogP contribution in [0.1, 0.15) is 35.3 Å². The number of aromatic hydroxyl groups is 1. The summed E-state index contributed by atoms with van der Waals surface area (Å²) in [5, 5.41) is 18.5. The number of ether oxygens (including phenoxy) is 1. The Morgan fingerprint density at radius 3 is 2.45 bits per heavy atom. The molecule has 7 heteroatoms. The van der Waals surface area contributed by atoms with Crippen LogP contribution in [0.2, 0.25) is 0 Å². The number of nitrogens with one attached hydrogen (secondary N) is 3. The van der Waals surface area contributed by atoms with Crippen LogP contribution in [0.3, 0.4) is 0 Å². The standard InChI is InChI=1S/C22H30N4O3/c1-4-23-22(26-15-18-7-6-16(3)14-20(18)29-5-2)25-13-12-24-21(28)17-8-10-19(27)11-9-17/h6-11,14,27H,4-5,12-13,15H2,1-3H3,(H,24,28)(H2,23,25,26). The van der Waals surface area contributed by atoms with Crippen molar-refractivity contribution in [1.29, 1.82) is 0 Å². The number of nitrogens with zero attached hydrogens (tertiary/aromatic N) is 1. The predicted molar refractivity (Wildman–Crippen MR) is 116 cm³/mol. The topological polar surface area (TPSA) is 95.0 Å². The van der Waals surface area contributed by atoms with Gasteiger partial charge in [0.2, 0.25) is 0 Å². The van der Waals surface area contributed by atoms with Gasteiger partial charge in [-0.1, -0.05) is 12.1 Å². The van der Waals surface area contributed by atoms with Crippen molar-refractivity contribution in [2.45, 2.75) is 27.3 Å². The molecule has 0 bridgehead atoms. The molecule has 2 aromatic carbocycles. The van der Waals surface area contributed by atoms with Crippen LogP contribution in [-0.4, -0.2) is 43.2 Å². The minimum absolute atomic E-state index is 0.135. The maximum absolute atomic E-state index is 12.1. The molecule has 0 aliphatic heterocycles. The van der Waals surface area contributed by atoms with E-state index < -0.39 is 0 Å². The van der Waals surface area contributed by atoms with Crippen molar-refractivity contribution in [3.63, 3.8) is 0 Å². The second-order valence-corrected chi connectivity index (χ2v) is 6.47. The molecule has 0 saturated carbocycles. The third kappa shape index (κ3) is 7.37. The summed E-state index contributed by atoms with van der Waals surface area (Å²) in [7, 11) is 0. The van der Waals surface area contributed by atoms with E-state index in [0.29, 0.717) is 37.8 Å². The molecule has 4 N–H and O–H groups in total. The minimum Gasteiger partial charge on any atom is -0.508 e. The average molecular weight is 399 g/mol. The van der Waals surface area contributed by atoms with E-state index in [9.17, 15) is 9.90 Å². The molecular formula is C22H30N4O3. The van der Waals surface area contributed by atoms with E-state index in [4.69, 9.17) is 4.74 Å². The number of aliphatic imine (C=N–C) groups is 1. The molecular weight excluding hydrogens is 368 g/mol. The summed E-state index contributed by atoms with van der Waals surface area (Å²) in [5.41, 5.74) is 2.68. The zero-order valence-electron chi connectivity index (χ0n) is 17.3. The molecule has 0 spiro atoms. The first-order valence-corrected chi connectivity index (χ1v) is 9.85. The molecule has 29 heavy (non-hydrogen) atoms. The summed E-state index contributed by atoms with van der Waals surface area (Å²) in [5.74, 6) is 1.48. The molecule has 0 heterocycles. The number of carbonyl (C=O) groups is 1.